The molecular formula is C11H15N3O3. The molecule has 0 radical (unpaired) electrons. The van der Waals surface area contributed by atoms with E-state index in [1.807, 2.05) is 0 Å². The summed E-state index contributed by atoms with van der Waals surface area (Å²) in [5, 5.41) is 23.7. The molecule has 1 aliphatic carbocycles. The van der Waals surface area contributed by atoms with Crippen LogP contribution in [0.1, 0.15) is 25.7 Å². The van der Waals surface area contributed by atoms with E-state index >= 15 is 0 Å². The number of nitrogens with zero attached hydrogens (tertiary/aromatic N) is 2. The number of pyridine rings is 1. The van der Waals surface area contributed by atoms with Gasteiger partial charge in [0, 0.05) is 6.20 Å². The second-order valence-corrected chi connectivity index (χ2v) is 4.25. The second kappa shape index (κ2) is 5.09. The third-order valence-corrected chi connectivity index (χ3v) is 3.07. The third kappa shape index (κ3) is 2.71. The van der Waals surface area contributed by atoms with Crippen molar-refractivity contribution in [2.45, 2.75) is 37.8 Å². The van der Waals surface area contributed by atoms with E-state index in [1.54, 1.807) is 6.07 Å². The van der Waals surface area contributed by atoms with E-state index in [1.165, 1.54) is 12.4 Å². The smallest absolute Gasteiger partial charge is 0.310 e. The number of nitro groups is 1. The molecule has 6 nitrogen and oxygen atoms in total. The maximum absolute atomic E-state index is 10.8. The molecule has 1 saturated carbocycles. The first-order valence-corrected chi connectivity index (χ1v) is 5.71. The molecular weight excluding hydrogens is 222 g/mol. The van der Waals surface area contributed by atoms with Crippen LogP contribution in [0.4, 0.5) is 11.4 Å². The van der Waals surface area contributed by atoms with Gasteiger partial charge >= 0.3 is 5.69 Å². The van der Waals surface area contributed by atoms with Gasteiger partial charge < -0.3 is 10.4 Å². The molecule has 0 aromatic carbocycles. The van der Waals surface area contributed by atoms with Crippen molar-refractivity contribution in [3.05, 3.63) is 28.6 Å². The lowest BCUT2D eigenvalue weighted by molar-refractivity contribution is -0.384. The van der Waals surface area contributed by atoms with E-state index in [4.69, 9.17) is 0 Å². The van der Waals surface area contributed by atoms with Crippen molar-refractivity contribution in [2.75, 3.05) is 5.32 Å². The molecule has 1 aromatic rings. The van der Waals surface area contributed by atoms with Gasteiger partial charge in [0.25, 0.3) is 0 Å². The van der Waals surface area contributed by atoms with Crippen molar-refractivity contribution < 1.29 is 10.0 Å². The van der Waals surface area contributed by atoms with Gasteiger partial charge in [0.15, 0.2) is 0 Å². The Morgan fingerprint density at radius 1 is 1.47 bits per heavy atom. The molecule has 0 amide bonds. The summed E-state index contributed by atoms with van der Waals surface area (Å²) >= 11 is 0. The topological polar surface area (TPSA) is 88.3 Å². The normalized spacial score (nSPS) is 24.3. The molecule has 1 aromatic heterocycles. The van der Waals surface area contributed by atoms with Crippen molar-refractivity contribution >= 4 is 11.4 Å². The highest BCUT2D eigenvalue weighted by Crippen LogP contribution is 2.27. The molecule has 0 spiro atoms. The molecule has 1 fully saturated rings. The van der Waals surface area contributed by atoms with Crippen molar-refractivity contribution in [3.63, 3.8) is 0 Å². The molecule has 6 heteroatoms. The molecule has 0 saturated heterocycles. The number of aliphatic hydroxyl groups excluding tert-OH is 1. The minimum Gasteiger partial charge on any atom is -0.391 e. The molecule has 1 heterocycles. The highest BCUT2D eigenvalue weighted by Gasteiger charge is 2.25. The fraction of sp³-hybridized carbons (Fsp3) is 0.545. The van der Waals surface area contributed by atoms with Crippen LogP contribution in [-0.4, -0.2) is 27.2 Å². The Bertz CT molecular complexity index is 411. The second-order valence-electron chi connectivity index (χ2n) is 4.25. The zero-order valence-electron chi connectivity index (χ0n) is 9.37. The van der Waals surface area contributed by atoms with Crippen molar-refractivity contribution in [2.24, 2.45) is 0 Å². The van der Waals surface area contributed by atoms with Gasteiger partial charge in [-0.15, -0.1) is 0 Å². The Hall–Kier alpha value is -1.69. The van der Waals surface area contributed by atoms with Crippen LogP contribution in [0.2, 0.25) is 0 Å². The summed E-state index contributed by atoms with van der Waals surface area (Å²) in [5.74, 6) is 0. The molecule has 17 heavy (non-hydrogen) atoms. The van der Waals surface area contributed by atoms with Crippen molar-refractivity contribution in [1.29, 1.82) is 0 Å². The number of anilines is 1. The van der Waals surface area contributed by atoms with E-state index < -0.39 is 11.0 Å². The highest BCUT2D eigenvalue weighted by molar-refractivity contribution is 5.60. The summed E-state index contributed by atoms with van der Waals surface area (Å²) in [6.07, 6.45) is 5.92. The van der Waals surface area contributed by atoms with Crippen molar-refractivity contribution in [3.8, 4) is 0 Å². The van der Waals surface area contributed by atoms with Gasteiger partial charge in [0.2, 0.25) is 0 Å². The predicted molar refractivity (Wildman–Crippen MR) is 62.8 cm³/mol. The highest BCUT2D eigenvalue weighted by atomic mass is 16.6. The average Bonchev–Trinajstić information content (AvgIpc) is 2.32. The zero-order chi connectivity index (χ0) is 12.3. The fourth-order valence-corrected chi connectivity index (χ4v) is 2.13. The third-order valence-electron chi connectivity index (χ3n) is 3.07. The zero-order valence-corrected chi connectivity index (χ0v) is 9.37. The van der Waals surface area contributed by atoms with Gasteiger partial charge in [-0.05, 0) is 18.9 Å². The molecule has 2 atom stereocenters. The first kappa shape index (κ1) is 11.8. The van der Waals surface area contributed by atoms with E-state index in [0.29, 0.717) is 5.69 Å². The summed E-state index contributed by atoms with van der Waals surface area (Å²) in [6.45, 7) is 0. The van der Waals surface area contributed by atoms with Crippen LogP contribution in [0, 0.1) is 10.1 Å². The van der Waals surface area contributed by atoms with Crippen LogP contribution in [0.15, 0.2) is 18.5 Å². The maximum atomic E-state index is 10.8. The van der Waals surface area contributed by atoms with Gasteiger partial charge in [-0.25, -0.2) is 0 Å². The first-order chi connectivity index (χ1) is 8.18. The molecule has 0 bridgehead atoms. The van der Waals surface area contributed by atoms with Crippen molar-refractivity contribution in [1.82, 2.24) is 4.98 Å². The van der Waals surface area contributed by atoms with Crippen LogP contribution in [0.25, 0.3) is 0 Å². The Morgan fingerprint density at radius 3 is 2.94 bits per heavy atom. The van der Waals surface area contributed by atoms with E-state index in [9.17, 15) is 15.2 Å². The van der Waals surface area contributed by atoms with Crippen LogP contribution in [0.5, 0.6) is 0 Å². The van der Waals surface area contributed by atoms with E-state index in [-0.39, 0.29) is 11.7 Å². The maximum Gasteiger partial charge on any atom is 0.310 e. The van der Waals surface area contributed by atoms with Crippen LogP contribution >= 0.6 is 0 Å². The lowest BCUT2D eigenvalue weighted by atomic mass is 9.92. The Balaban J connectivity index is 2.14. The van der Waals surface area contributed by atoms with Gasteiger partial charge in [0.05, 0.1) is 17.1 Å². The van der Waals surface area contributed by atoms with Crippen LogP contribution < -0.4 is 5.32 Å². The lowest BCUT2D eigenvalue weighted by Gasteiger charge is -2.28. The Kier molecular flexibility index (Phi) is 3.53. The number of aliphatic hydroxyl groups is 1. The first-order valence-electron chi connectivity index (χ1n) is 5.71. The van der Waals surface area contributed by atoms with Crippen LogP contribution in [-0.2, 0) is 0 Å². The van der Waals surface area contributed by atoms with Gasteiger partial charge in [-0.3, -0.25) is 15.1 Å². The summed E-state index contributed by atoms with van der Waals surface area (Å²) in [7, 11) is 0. The Morgan fingerprint density at radius 2 is 2.24 bits per heavy atom. The largest absolute Gasteiger partial charge is 0.391 e. The van der Waals surface area contributed by atoms with Crippen LogP contribution in [0.3, 0.4) is 0 Å². The van der Waals surface area contributed by atoms with Gasteiger partial charge in [-0.1, -0.05) is 12.8 Å². The molecule has 2 rings (SSSR count). The fourth-order valence-electron chi connectivity index (χ4n) is 2.13. The monoisotopic (exact) mass is 237 g/mol. The lowest BCUT2D eigenvalue weighted by Crippen LogP contribution is -2.36. The number of rotatable bonds is 3. The number of hydrogen-bond donors (Lipinski definition) is 2. The van der Waals surface area contributed by atoms with E-state index in [2.05, 4.69) is 10.3 Å². The summed E-state index contributed by atoms with van der Waals surface area (Å²) in [6, 6.07) is 1.46. The standard InChI is InChI=1S/C11H15N3O3/c15-11-4-2-1-3-9(11)13-8-5-6-12-7-10(8)14(16)17/h5-7,9,11,15H,1-4H2,(H,12,13). The SMILES string of the molecule is O=[N+]([O-])c1cnccc1NC1CCCCC1O. The number of aromatic nitrogens is 1. The number of hydrogen-bond acceptors (Lipinski definition) is 5. The molecule has 0 aliphatic heterocycles. The molecule has 2 N–H and O–H groups in total. The molecule has 1 aliphatic rings. The average molecular weight is 237 g/mol. The summed E-state index contributed by atoms with van der Waals surface area (Å²) in [4.78, 5) is 14.1. The molecule has 92 valence electrons. The molecule has 2 unspecified atom stereocenters. The van der Waals surface area contributed by atoms with Gasteiger partial charge in [-0.2, -0.15) is 0 Å². The predicted octanol–water partition coefficient (Wildman–Crippen LogP) is 1.71. The summed E-state index contributed by atoms with van der Waals surface area (Å²) < 4.78 is 0. The van der Waals surface area contributed by atoms with Gasteiger partial charge in [0.1, 0.15) is 11.9 Å². The summed E-state index contributed by atoms with van der Waals surface area (Å²) in [5.41, 5.74) is 0.376. The minimum atomic E-state index is -0.468. The quantitative estimate of drug-likeness (QED) is 0.617. The number of nitrogens with one attached hydrogen (secondary N) is 1. The van der Waals surface area contributed by atoms with E-state index in [0.717, 1.165) is 25.7 Å². The minimum absolute atomic E-state index is 0.0507. The Labute approximate surface area is 98.8 Å².